The summed E-state index contributed by atoms with van der Waals surface area (Å²) in [4.78, 5) is 12.4. The summed E-state index contributed by atoms with van der Waals surface area (Å²) in [7, 11) is 1.66. The fraction of sp³-hybridized carbons (Fsp3) is 0.353. The van der Waals surface area contributed by atoms with Gasteiger partial charge < -0.3 is 10.1 Å². The summed E-state index contributed by atoms with van der Waals surface area (Å²) in [5, 5.41) is 3.33. The number of nitrogens with zero attached hydrogens (tertiary/aromatic N) is 1. The molecule has 1 N–H and O–H groups in total. The molecule has 0 radical (unpaired) electrons. The molecule has 0 spiro atoms. The summed E-state index contributed by atoms with van der Waals surface area (Å²) in [6, 6.07) is 9.95. The molecule has 1 aromatic carbocycles. The Balaban J connectivity index is 1.64. The Morgan fingerprint density at radius 2 is 2.10 bits per heavy atom. The standard InChI is InChI=1S/C17H20N2O2/c1-21-15-5-2-13(3-6-15)4-7-17(20)19-11-9-14-12-18-10-8-16(14)19/h2-3,5-6,9,11,18H,4,7-8,10,12H2,1H3. The van der Waals surface area contributed by atoms with Crippen molar-refractivity contribution in [3.8, 4) is 5.75 Å². The number of hydrogen-bond donors (Lipinski definition) is 1. The molecule has 0 amide bonds. The molecule has 0 unspecified atom stereocenters. The minimum Gasteiger partial charge on any atom is -0.497 e. The zero-order valence-electron chi connectivity index (χ0n) is 12.3. The van der Waals surface area contributed by atoms with E-state index in [2.05, 4.69) is 5.32 Å². The summed E-state index contributed by atoms with van der Waals surface area (Å²) in [6.45, 7) is 1.82. The highest BCUT2D eigenvalue weighted by Gasteiger charge is 2.16. The summed E-state index contributed by atoms with van der Waals surface area (Å²) >= 11 is 0. The van der Waals surface area contributed by atoms with Crippen molar-refractivity contribution in [3.63, 3.8) is 0 Å². The number of fused-ring (bicyclic) bond motifs is 1. The van der Waals surface area contributed by atoms with Crippen molar-refractivity contribution in [1.29, 1.82) is 0 Å². The monoisotopic (exact) mass is 284 g/mol. The van der Waals surface area contributed by atoms with E-state index in [1.165, 1.54) is 11.3 Å². The number of carbonyl (C=O) groups excluding carboxylic acids is 1. The Morgan fingerprint density at radius 3 is 2.86 bits per heavy atom. The maximum atomic E-state index is 12.4. The highest BCUT2D eigenvalue weighted by molar-refractivity contribution is 5.80. The normalized spacial score (nSPS) is 13.8. The fourth-order valence-electron chi connectivity index (χ4n) is 2.77. The summed E-state index contributed by atoms with van der Waals surface area (Å²) in [5.74, 6) is 1.02. The number of nitrogens with one attached hydrogen (secondary N) is 1. The molecule has 1 aromatic heterocycles. The Morgan fingerprint density at radius 1 is 1.29 bits per heavy atom. The molecule has 0 saturated heterocycles. The molecule has 0 aliphatic carbocycles. The van der Waals surface area contributed by atoms with Gasteiger partial charge in [0.1, 0.15) is 5.75 Å². The van der Waals surface area contributed by atoms with E-state index in [1.807, 2.05) is 41.1 Å². The Kier molecular flexibility index (Phi) is 4.06. The zero-order chi connectivity index (χ0) is 14.7. The number of rotatable bonds is 4. The third-order valence-corrected chi connectivity index (χ3v) is 4.00. The average Bonchev–Trinajstić information content (AvgIpc) is 2.97. The van der Waals surface area contributed by atoms with Gasteiger partial charge in [-0.25, -0.2) is 0 Å². The molecule has 110 valence electrons. The predicted octanol–water partition coefficient (Wildman–Crippen LogP) is 2.42. The molecule has 1 aliphatic rings. The minimum atomic E-state index is 0.175. The first-order chi connectivity index (χ1) is 10.3. The number of aryl methyl sites for hydroxylation is 1. The van der Waals surface area contributed by atoms with Gasteiger partial charge in [-0.15, -0.1) is 0 Å². The van der Waals surface area contributed by atoms with Crippen molar-refractivity contribution in [1.82, 2.24) is 9.88 Å². The van der Waals surface area contributed by atoms with E-state index >= 15 is 0 Å². The van der Waals surface area contributed by atoms with Gasteiger partial charge in [0, 0.05) is 37.8 Å². The van der Waals surface area contributed by atoms with Crippen LogP contribution in [-0.4, -0.2) is 24.1 Å². The highest BCUT2D eigenvalue weighted by atomic mass is 16.5. The van der Waals surface area contributed by atoms with Crippen LogP contribution < -0.4 is 10.1 Å². The lowest BCUT2D eigenvalue weighted by Gasteiger charge is -2.16. The first-order valence-corrected chi connectivity index (χ1v) is 7.34. The van der Waals surface area contributed by atoms with Crippen molar-refractivity contribution in [2.45, 2.75) is 25.8 Å². The molecule has 4 nitrogen and oxygen atoms in total. The van der Waals surface area contributed by atoms with Crippen LogP contribution in [0.5, 0.6) is 5.75 Å². The van der Waals surface area contributed by atoms with E-state index < -0.39 is 0 Å². The molecule has 0 atom stereocenters. The van der Waals surface area contributed by atoms with Gasteiger partial charge in [0.2, 0.25) is 5.91 Å². The molecule has 4 heteroatoms. The number of ether oxygens (including phenoxy) is 1. The second kappa shape index (κ2) is 6.14. The van der Waals surface area contributed by atoms with Crippen LogP contribution in [0.1, 0.15) is 28.0 Å². The molecule has 0 fully saturated rings. The van der Waals surface area contributed by atoms with Crippen LogP contribution in [0.4, 0.5) is 0 Å². The van der Waals surface area contributed by atoms with E-state index in [0.29, 0.717) is 6.42 Å². The maximum Gasteiger partial charge on any atom is 0.231 e. The van der Waals surface area contributed by atoms with Gasteiger partial charge in [-0.05, 0) is 35.7 Å². The first kappa shape index (κ1) is 13.9. The van der Waals surface area contributed by atoms with E-state index in [1.54, 1.807) is 7.11 Å². The van der Waals surface area contributed by atoms with E-state index in [9.17, 15) is 4.79 Å². The Bertz CT molecular complexity index is 629. The summed E-state index contributed by atoms with van der Waals surface area (Å²) in [6.07, 6.45) is 4.12. The number of benzene rings is 1. The maximum absolute atomic E-state index is 12.4. The molecule has 0 saturated carbocycles. The molecule has 2 heterocycles. The smallest absolute Gasteiger partial charge is 0.231 e. The molecule has 2 aromatic rings. The van der Waals surface area contributed by atoms with Gasteiger partial charge >= 0.3 is 0 Å². The summed E-state index contributed by atoms with van der Waals surface area (Å²) < 4.78 is 6.97. The van der Waals surface area contributed by atoms with Gasteiger partial charge in [0.15, 0.2) is 0 Å². The molecule has 21 heavy (non-hydrogen) atoms. The number of hydrogen-bond acceptors (Lipinski definition) is 3. The second-order valence-electron chi connectivity index (χ2n) is 5.33. The Hall–Kier alpha value is -2.07. The quantitative estimate of drug-likeness (QED) is 0.937. The van der Waals surface area contributed by atoms with E-state index in [0.717, 1.165) is 37.2 Å². The van der Waals surface area contributed by atoms with Crippen LogP contribution >= 0.6 is 0 Å². The lowest BCUT2D eigenvalue weighted by molar-refractivity contribution is 0.0899. The van der Waals surface area contributed by atoms with E-state index in [4.69, 9.17) is 4.74 Å². The van der Waals surface area contributed by atoms with Crippen LogP contribution in [0.15, 0.2) is 36.5 Å². The third-order valence-electron chi connectivity index (χ3n) is 4.00. The van der Waals surface area contributed by atoms with Gasteiger partial charge in [-0.2, -0.15) is 0 Å². The van der Waals surface area contributed by atoms with Gasteiger partial charge in [-0.3, -0.25) is 9.36 Å². The van der Waals surface area contributed by atoms with Crippen LogP contribution in [0.25, 0.3) is 0 Å². The predicted molar refractivity (Wildman–Crippen MR) is 81.8 cm³/mol. The van der Waals surface area contributed by atoms with Crippen molar-refractivity contribution in [2.75, 3.05) is 13.7 Å². The topological polar surface area (TPSA) is 43.3 Å². The van der Waals surface area contributed by atoms with Crippen LogP contribution in [0.2, 0.25) is 0 Å². The lowest BCUT2D eigenvalue weighted by Crippen LogP contribution is -2.26. The lowest BCUT2D eigenvalue weighted by atomic mass is 10.1. The van der Waals surface area contributed by atoms with Gasteiger partial charge in [0.25, 0.3) is 0 Å². The van der Waals surface area contributed by atoms with Crippen LogP contribution in [0, 0.1) is 0 Å². The van der Waals surface area contributed by atoms with Gasteiger partial charge in [-0.1, -0.05) is 12.1 Å². The third kappa shape index (κ3) is 3.00. The molecular weight excluding hydrogens is 264 g/mol. The molecule has 1 aliphatic heterocycles. The van der Waals surface area contributed by atoms with Crippen LogP contribution in [0.3, 0.4) is 0 Å². The first-order valence-electron chi connectivity index (χ1n) is 7.34. The zero-order valence-corrected chi connectivity index (χ0v) is 12.3. The average molecular weight is 284 g/mol. The van der Waals surface area contributed by atoms with Crippen molar-refractivity contribution in [2.24, 2.45) is 0 Å². The van der Waals surface area contributed by atoms with Crippen molar-refractivity contribution < 1.29 is 9.53 Å². The highest BCUT2D eigenvalue weighted by Crippen LogP contribution is 2.17. The van der Waals surface area contributed by atoms with Crippen LogP contribution in [-0.2, 0) is 19.4 Å². The Labute approximate surface area is 124 Å². The number of aromatic nitrogens is 1. The second-order valence-corrected chi connectivity index (χ2v) is 5.33. The fourth-order valence-corrected chi connectivity index (χ4v) is 2.77. The molecule has 0 bridgehead atoms. The van der Waals surface area contributed by atoms with Crippen molar-refractivity contribution in [3.05, 3.63) is 53.3 Å². The SMILES string of the molecule is COc1ccc(CCC(=O)n2ccc3c2CCNC3)cc1. The minimum absolute atomic E-state index is 0.175. The molecular formula is C17H20N2O2. The molecule has 3 rings (SSSR count). The number of carbonyl (C=O) groups is 1. The van der Waals surface area contributed by atoms with E-state index in [-0.39, 0.29) is 5.91 Å². The largest absolute Gasteiger partial charge is 0.497 e. The summed E-state index contributed by atoms with van der Waals surface area (Å²) in [5.41, 5.74) is 3.58. The number of methoxy groups -OCH3 is 1. The van der Waals surface area contributed by atoms with Gasteiger partial charge in [0.05, 0.1) is 7.11 Å². The van der Waals surface area contributed by atoms with Crippen molar-refractivity contribution >= 4 is 5.91 Å².